The van der Waals surface area contributed by atoms with E-state index in [9.17, 15) is 14.9 Å². The molecule has 1 amide bonds. The normalized spacial score (nSPS) is 15.2. The van der Waals surface area contributed by atoms with Crippen LogP contribution in [0.4, 0.5) is 16.5 Å². The van der Waals surface area contributed by atoms with E-state index in [1.165, 1.54) is 11.3 Å². The highest BCUT2D eigenvalue weighted by Gasteiger charge is 2.21. The smallest absolute Gasteiger partial charge is 0.272 e. The standard InChI is InChI=1S/C15H18N6O3S/c1-11-8-12(2-3-13(11)21(23)24)20-6-4-19(5-7-20)9-14(22)17-15-18-16-10-25-15/h2-3,8,10H,4-7,9H2,1H3,(H,17,18,22). The van der Waals surface area contributed by atoms with Crippen molar-refractivity contribution in [3.8, 4) is 0 Å². The molecule has 1 aromatic carbocycles. The first-order valence-electron chi connectivity index (χ1n) is 7.81. The summed E-state index contributed by atoms with van der Waals surface area (Å²) in [7, 11) is 0. The van der Waals surface area contributed by atoms with Crippen LogP contribution in [0.15, 0.2) is 23.7 Å². The SMILES string of the molecule is Cc1cc(N2CCN(CC(=O)Nc3nncs3)CC2)ccc1[N+](=O)[O-]. The van der Waals surface area contributed by atoms with Crippen LogP contribution in [-0.2, 0) is 4.79 Å². The molecule has 1 saturated heterocycles. The number of carbonyl (C=O) groups excluding carboxylic acids is 1. The summed E-state index contributed by atoms with van der Waals surface area (Å²) in [4.78, 5) is 26.8. The number of hydrogen-bond donors (Lipinski definition) is 1. The summed E-state index contributed by atoms with van der Waals surface area (Å²) in [5.74, 6) is -0.101. The number of aromatic nitrogens is 2. The van der Waals surface area contributed by atoms with E-state index in [0.29, 0.717) is 17.2 Å². The van der Waals surface area contributed by atoms with Crippen molar-refractivity contribution in [2.45, 2.75) is 6.92 Å². The fourth-order valence-corrected chi connectivity index (χ4v) is 3.26. The summed E-state index contributed by atoms with van der Waals surface area (Å²) < 4.78 is 0. The molecule has 25 heavy (non-hydrogen) atoms. The van der Waals surface area contributed by atoms with Crippen molar-refractivity contribution in [2.24, 2.45) is 0 Å². The van der Waals surface area contributed by atoms with Crippen LogP contribution in [0.3, 0.4) is 0 Å². The zero-order valence-electron chi connectivity index (χ0n) is 13.7. The number of nitrogens with one attached hydrogen (secondary N) is 1. The molecule has 0 saturated carbocycles. The minimum atomic E-state index is -0.367. The zero-order valence-corrected chi connectivity index (χ0v) is 14.5. The van der Waals surface area contributed by atoms with Crippen LogP contribution >= 0.6 is 11.3 Å². The van der Waals surface area contributed by atoms with Gasteiger partial charge in [-0.2, -0.15) is 0 Å². The van der Waals surface area contributed by atoms with E-state index in [4.69, 9.17) is 0 Å². The van der Waals surface area contributed by atoms with E-state index in [2.05, 4.69) is 25.3 Å². The Labute approximate surface area is 148 Å². The first kappa shape index (κ1) is 17.2. The third-order valence-electron chi connectivity index (χ3n) is 4.09. The lowest BCUT2D eigenvalue weighted by atomic mass is 10.1. The first-order valence-corrected chi connectivity index (χ1v) is 8.69. The molecule has 2 heterocycles. The number of nitro benzene ring substituents is 1. The Kier molecular flexibility index (Phi) is 5.19. The van der Waals surface area contributed by atoms with E-state index >= 15 is 0 Å². The van der Waals surface area contributed by atoms with Gasteiger partial charge < -0.3 is 4.90 Å². The fraction of sp³-hybridized carbons (Fsp3) is 0.400. The van der Waals surface area contributed by atoms with Gasteiger partial charge in [-0.05, 0) is 19.1 Å². The Balaban J connectivity index is 1.52. The quantitative estimate of drug-likeness (QED) is 0.635. The molecule has 0 atom stereocenters. The van der Waals surface area contributed by atoms with E-state index in [1.54, 1.807) is 24.6 Å². The van der Waals surface area contributed by atoms with Crippen molar-refractivity contribution in [3.05, 3.63) is 39.4 Å². The lowest BCUT2D eigenvalue weighted by molar-refractivity contribution is -0.385. The third-order valence-corrected chi connectivity index (χ3v) is 4.69. The van der Waals surface area contributed by atoms with E-state index in [0.717, 1.165) is 31.9 Å². The molecule has 9 nitrogen and oxygen atoms in total. The predicted molar refractivity (Wildman–Crippen MR) is 95.0 cm³/mol. The van der Waals surface area contributed by atoms with Gasteiger partial charge in [-0.15, -0.1) is 10.2 Å². The second-order valence-corrected chi connectivity index (χ2v) is 6.62. The largest absolute Gasteiger partial charge is 0.369 e. The van der Waals surface area contributed by atoms with Gasteiger partial charge in [0.2, 0.25) is 11.0 Å². The summed E-state index contributed by atoms with van der Waals surface area (Å²) >= 11 is 1.29. The average molecular weight is 362 g/mol. The number of nitro groups is 1. The number of anilines is 2. The number of nitrogens with zero attached hydrogens (tertiary/aromatic N) is 5. The highest BCUT2D eigenvalue weighted by Crippen LogP contribution is 2.25. The van der Waals surface area contributed by atoms with Gasteiger partial charge in [0.05, 0.1) is 11.5 Å². The maximum absolute atomic E-state index is 12.0. The Hall–Kier alpha value is -2.59. The fourth-order valence-electron chi connectivity index (χ4n) is 2.79. The van der Waals surface area contributed by atoms with Crippen LogP contribution in [0, 0.1) is 17.0 Å². The number of piperazine rings is 1. The molecule has 1 fully saturated rings. The molecule has 2 aromatic rings. The van der Waals surface area contributed by atoms with Gasteiger partial charge in [-0.25, -0.2) is 0 Å². The van der Waals surface area contributed by atoms with Gasteiger partial charge in [-0.3, -0.25) is 25.1 Å². The summed E-state index contributed by atoms with van der Waals surface area (Å²) in [6.45, 7) is 5.09. The Morgan fingerprint density at radius 3 is 2.72 bits per heavy atom. The maximum Gasteiger partial charge on any atom is 0.272 e. The van der Waals surface area contributed by atoms with Gasteiger partial charge in [0.1, 0.15) is 5.51 Å². The van der Waals surface area contributed by atoms with Crippen molar-refractivity contribution < 1.29 is 9.72 Å². The van der Waals surface area contributed by atoms with Gasteiger partial charge in [0.25, 0.3) is 5.69 Å². The summed E-state index contributed by atoms with van der Waals surface area (Å²) in [5, 5.41) is 21.6. The van der Waals surface area contributed by atoms with Crippen molar-refractivity contribution in [3.63, 3.8) is 0 Å². The van der Waals surface area contributed by atoms with Crippen LogP contribution in [0.1, 0.15) is 5.56 Å². The van der Waals surface area contributed by atoms with Crippen LogP contribution in [0.5, 0.6) is 0 Å². The van der Waals surface area contributed by atoms with Crippen LogP contribution in [0.25, 0.3) is 0 Å². The summed E-state index contributed by atoms with van der Waals surface area (Å²) in [6, 6.07) is 5.17. The Bertz CT molecular complexity index is 759. The van der Waals surface area contributed by atoms with Crippen LogP contribution in [0.2, 0.25) is 0 Å². The van der Waals surface area contributed by atoms with Gasteiger partial charge in [0.15, 0.2) is 0 Å². The monoisotopic (exact) mass is 362 g/mol. The minimum Gasteiger partial charge on any atom is -0.369 e. The molecule has 3 rings (SSSR count). The number of carbonyl (C=O) groups is 1. The maximum atomic E-state index is 12.0. The lowest BCUT2D eigenvalue weighted by Gasteiger charge is -2.35. The molecule has 0 unspecified atom stereocenters. The molecular formula is C15H18N6O3S. The van der Waals surface area contributed by atoms with Crippen molar-refractivity contribution in [1.82, 2.24) is 15.1 Å². The molecule has 1 aromatic heterocycles. The molecule has 1 aliphatic heterocycles. The van der Waals surface area contributed by atoms with Crippen molar-refractivity contribution >= 4 is 33.8 Å². The highest BCUT2D eigenvalue weighted by molar-refractivity contribution is 7.13. The highest BCUT2D eigenvalue weighted by atomic mass is 32.1. The second kappa shape index (κ2) is 7.53. The first-order chi connectivity index (χ1) is 12.0. The van der Waals surface area contributed by atoms with Crippen LogP contribution < -0.4 is 10.2 Å². The van der Waals surface area contributed by atoms with Crippen molar-refractivity contribution in [2.75, 3.05) is 42.9 Å². The Morgan fingerprint density at radius 1 is 1.36 bits per heavy atom. The third kappa shape index (κ3) is 4.28. The molecule has 0 radical (unpaired) electrons. The lowest BCUT2D eigenvalue weighted by Crippen LogP contribution is -2.48. The van der Waals surface area contributed by atoms with Gasteiger partial charge in [-0.1, -0.05) is 11.3 Å². The van der Waals surface area contributed by atoms with Gasteiger partial charge in [0, 0.05) is 43.5 Å². The van der Waals surface area contributed by atoms with Crippen molar-refractivity contribution in [1.29, 1.82) is 0 Å². The molecular weight excluding hydrogens is 344 g/mol. The van der Waals surface area contributed by atoms with Gasteiger partial charge >= 0.3 is 0 Å². The Morgan fingerprint density at radius 2 is 2.12 bits per heavy atom. The summed E-state index contributed by atoms with van der Waals surface area (Å²) in [6.07, 6.45) is 0. The molecule has 10 heteroatoms. The number of amides is 1. The molecule has 0 aliphatic carbocycles. The molecule has 0 bridgehead atoms. The zero-order chi connectivity index (χ0) is 17.8. The van der Waals surface area contributed by atoms with Crippen LogP contribution in [-0.4, -0.2) is 58.7 Å². The molecule has 0 spiro atoms. The number of aryl methyl sites for hydroxylation is 1. The van der Waals surface area contributed by atoms with E-state index < -0.39 is 0 Å². The average Bonchev–Trinajstić information content (AvgIpc) is 3.08. The molecule has 1 N–H and O–H groups in total. The van der Waals surface area contributed by atoms with E-state index in [-0.39, 0.29) is 16.5 Å². The number of benzene rings is 1. The van der Waals surface area contributed by atoms with E-state index in [1.807, 2.05) is 6.07 Å². The minimum absolute atomic E-state index is 0.101. The number of hydrogen-bond acceptors (Lipinski definition) is 8. The second-order valence-electron chi connectivity index (χ2n) is 5.78. The topological polar surface area (TPSA) is 104 Å². The predicted octanol–water partition coefficient (Wildman–Crippen LogP) is 1.52. The summed E-state index contributed by atoms with van der Waals surface area (Å²) in [5.41, 5.74) is 3.33. The molecule has 132 valence electrons. The molecule has 1 aliphatic rings. The number of rotatable bonds is 5.